The van der Waals surface area contributed by atoms with Gasteiger partial charge in [-0.25, -0.2) is 8.42 Å². The van der Waals surface area contributed by atoms with Gasteiger partial charge in [-0.05, 0) is 30.7 Å². The highest BCUT2D eigenvalue weighted by Crippen LogP contribution is 1.90. The number of hydrogen-bond donors (Lipinski definition) is 0. The van der Waals surface area contributed by atoms with Gasteiger partial charge in [0.2, 0.25) is 0 Å². The first kappa shape index (κ1) is 18.1. The fourth-order valence-electron chi connectivity index (χ4n) is 1.40. The molecule has 2 rings (SSSR count). The normalized spacial score (nSPS) is 10.6. The molecule has 0 amide bonds. The van der Waals surface area contributed by atoms with E-state index >= 15 is 0 Å². The minimum Gasteiger partial charge on any atom is -0.748 e. The topological polar surface area (TPSA) is 57.2 Å². The van der Waals surface area contributed by atoms with Crippen LogP contribution in [0.15, 0.2) is 60.7 Å². The molecule has 3 nitrogen and oxygen atoms in total. The summed E-state index contributed by atoms with van der Waals surface area (Å²) in [7, 11) is -3.94. The molecule has 0 saturated carbocycles. The molecule has 0 spiro atoms. The fourth-order valence-corrected chi connectivity index (χ4v) is 4.31. The molecule has 5 heteroatoms. The van der Waals surface area contributed by atoms with E-state index in [0.29, 0.717) is 6.42 Å². The summed E-state index contributed by atoms with van der Waals surface area (Å²) in [6, 6.07) is 21.4. The Labute approximate surface area is 137 Å². The molecule has 2 aromatic carbocycles. The van der Waals surface area contributed by atoms with E-state index in [9.17, 15) is 13.0 Å². The zero-order chi connectivity index (χ0) is 15.6. The van der Waals surface area contributed by atoms with Crippen LogP contribution in [0.1, 0.15) is 19.8 Å². The maximum Gasteiger partial charge on any atom is 0.357 e. The number of benzene rings is 2. The lowest BCUT2D eigenvalue weighted by atomic mass is 10.4. The average Bonchev–Trinajstić information content (AvgIpc) is 2.47. The summed E-state index contributed by atoms with van der Waals surface area (Å²) in [6.07, 6.45) is 1.23. The van der Waals surface area contributed by atoms with Gasteiger partial charge < -0.3 is 4.55 Å². The Kier molecular flexibility index (Phi) is 8.56. The molecule has 2 aromatic rings. The van der Waals surface area contributed by atoms with Gasteiger partial charge in [-0.15, -0.1) is 0 Å². The largest absolute Gasteiger partial charge is 0.748 e. The van der Waals surface area contributed by atoms with Gasteiger partial charge in [0.1, 0.15) is 0 Å². The third-order valence-corrected chi connectivity index (χ3v) is 5.90. The van der Waals surface area contributed by atoms with E-state index in [1.54, 1.807) is 0 Å². The first-order valence-electron chi connectivity index (χ1n) is 6.70. The molecule has 0 N–H and O–H groups in total. The minimum absolute atomic E-state index is 0.0287. The molecule has 0 aliphatic heterocycles. The van der Waals surface area contributed by atoms with Crippen molar-refractivity contribution >= 4 is 10.1 Å². The summed E-state index contributed by atoms with van der Waals surface area (Å²) < 4.78 is 32.5. The van der Waals surface area contributed by atoms with E-state index < -0.39 is 10.1 Å². The first-order valence-corrected chi connectivity index (χ1v) is 10.4. The van der Waals surface area contributed by atoms with E-state index in [2.05, 4.69) is 60.7 Å². The molecule has 0 aromatic heterocycles. The van der Waals surface area contributed by atoms with Crippen molar-refractivity contribution in [3.8, 4) is 0 Å². The lowest BCUT2D eigenvalue weighted by Gasteiger charge is -2.02. The Hall–Kier alpha value is -0.920. The highest BCUT2D eigenvalue weighted by molar-refractivity contribution is 7.85. The van der Waals surface area contributed by atoms with Gasteiger partial charge in [-0.3, -0.25) is 0 Å². The highest BCUT2D eigenvalue weighted by atomic mass is 127. The van der Waals surface area contributed by atoms with Crippen molar-refractivity contribution in [1.82, 2.24) is 0 Å². The van der Waals surface area contributed by atoms with Crippen LogP contribution >= 0.6 is 0 Å². The molecule has 21 heavy (non-hydrogen) atoms. The molecule has 0 aliphatic rings. The van der Waals surface area contributed by atoms with Crippen molar-refractivity contribution in [2.24, 2.45) is 0 Å². The molecular formula is C16H19IO3S. The van der Waals surface area contributed by atoms with Crippen LogP contribution < -0.4 is 21.2 Å². The predicted molar refractivity (Wildman–Crippen MR) is 79.8 cm³/mol. The van der Waals surface area contributed by atoms with Gasteiger partial charge in [-0.1, -0.05) is 49.7 Å². The van der Waals surface area contributed by atoms with E-state index in [0.717, 1.165) is 6.42 Å². The molecule has 0 fully saturated rings. The third-order valence-electron chi connectivity index (χ3n) is 2.43. The van der Waals surface area contributed by atoms with Gasteiger partial charge in [-0.2, -0.15) is 0 Å². The second-order valence-corrected chi connectivity index (χ2v) is 8.86. The van der Waals surface area contributed by atoms with Crippen LogP contribution in [0.5, 0.6) is 0 Å². The summed E-state index contributed by atoms with van der Waals surface area (Å²) in [5.74, 6) is -0.219. The predicted octanol–water partition coefficient (Wildman–Crippen LogP) is 0.147. The van der Waals surface area contributed by atoms with Crippen molar-refractivity contribution in [3.63, 3.8) is 0 Å². The van der Waals surface area contributed by atoms with E-state index in [4.69, 9.17) is 0 Å². The molecule has 0 heterocycles. The number of rotatable bonds is 5. The molecule has 0 bridgehead atoms. The lowest BCUT2D eigenvalue weighted by molar-refractivity contribution is -0.597. The van der Waals surface area contributed by atoms with E-state index in [-0.39, 0.29) is 27.0 Å². The van der Waals surface area contributed by atoms with E-state index in [1.165, 1.54) is 7.14 Å². The summed E-state index contributed by atoms with van der Waals surface area (Å²) >= 11 is 0.0287. The summed E-state index contributed by atoms with van der Waals surface area (Å²) in [4.78, 5) is 0. The summed E-state index contributed by atoms with van der Waals surface area (Å²) in [5, 5.41) is 0. The minimum atomic E-state index is -3.94. The smallest absolute Gasteiger partial charge is 0.357 e. The Bertz CT molecular complexity index is 560. The molecular weight excluding hydrogens is 399 g/mol. The third kappa shape index (κ3) is 9.60. The quantitative estimate of drug-likeness (QED) is 0.513. The Balaban J connectivity index is 0.000000240. The van der Waals surface area contributed by atoms with E-state index in [1.807, 2.05) is 6.92 Å². The molecule has 0 aliphatic carbocycles. The van der Waals surface area contributed by atoms with Crippen molar-refractivity contribution in [2.75, 3.05) is 5.75 Å². The summed E-state index contributed by atoms with van der Waals surface area (Å²) in [5.41, 5.74) is 0. The second kappa shape index (κ2) is 9.92. The van der Waals surface area contributed by atoms with Crippen LogP contribution in [0.2, 0.25) is 0 Å². The van der Waals surface area contributed by atoms with Gasteiger partial charge in [0.15, 0.2) is 7.14 Å². The van der Waals surface area contributed by atoms with Crippen LogP contribution in [0.3, 0.4) is 0 Å². The van der Waals surface area contributed by atoms with Crippen LogP contribution in [0, 0.1) is 7.14 Å². The van der Waals surface area contributed by atoms with Crippen molar-refractivity contribution in [3.05, 3.63) is 67.8 Å². The Morgan fingerprint density at radius 1 is 0.905 bits per heavy atom. The van der Waals surface area contributed by atoms with Crippen molar-refractivity contribution < 1.29 is 34.2 Å². The molecule has 0 saturated heterocycles. The van der Waals surface area contributed by atoms with Crippen LogP contribution in [-0.2, 0) is 10.1 Å². The standard InChI is InChI=1S/C12H10I.C4H10O3S/c1-3-7-11(8-4-1)13-12-9-5-2-6-10-12;1-2-3-4-8(5,6)7/h1-10H;2-4H2,1H3,(H,5,6,7)/q+1;/p-1. The maximum atomic E-state index is 9.83. The number of unbranched alkanes of at least 4 members (excludes halogenated alkanes) is 1. The monoisotopic (exact) mass is 418 g/mol. The molecule has 0 unspecified atom stereocenters. The lowest BCUT2D eigenvalue weighted by Crippen LogP contribution is -3.61. The Morgan fingerprint density at radius 3 is 1.62 bits per heavy atom. The summed E-state index contributed by atoms with van der Waals surface area (Å²) in [6.45, 7) is 1.84. The fraction of sp³-hybridized carbons (Fsp3) is 0.250. The van der Waals surface area contributed by atoms with Crippen LogP contribution in [0.4, 0.5) is 0 Å². The highest BCUT2D eigenvalue weighted by Gasteiger charge is 2.12. The number of halogens is 1. The van der Waals surface area contributed by atoms with Crippen molar-refractivity contribution in [1.29, 1.82) is 0 Å². The van der Waals surface area contributed by atoms with Gasteiger partial charge in [0.25, 0.3) is 0 Å². The van der Waals surface area contributed by atoms with Gasteiger partial charge in [0, 0.05) is 5.75 Å². The average molecular weight is 418 g/mol. The zero-order valence-corrected chi connectivity index (χ0v) is 14.9. The van der Waals surface area contributed by atoms with Gasteiger partial charge in [0.05, 0.1) is 10.1 Å². The maximum absolute atomic E-state index is 9.83. The second-order valence-electron chi connectivity index (χ2n) is 4.30. The molecule has 0 atom stereocenters. The number of hydrogen-bond acceptors (Lipinski definition) is 3. The zero-order valence-electron chi connectivity index (χ0n) is 11.9. The molecule has 0 radical (unpaired) electrons. The first-order chi connectivity index (χ1) is 10.0. The van der Waals surface area contributed by atoms with Gasteiger partial charge >= 0.3 is 21.2 Å². The van der Waals surface area contributed by atoms with Crippen molar-refractivity contribution in [2.45, 2.75) is 19.8 Å². The SMILES string of the molecule is CCCCS(=O)(=O)[O-].c1ccc([I+]c2ccccc2)cc1. The van der Waals surface area contributed by atoms with Crippen LogP contribution in [-0.4, -0.2) is 18.7 Å². The Morgan fingerprint density at radius 2 is 1.33 bits per heavy atom. The molecule has 114 valence electrons. The van der Waals surface area contributed by atoms with Crippen LogP contribution in [0.25, 0.3) is 0 Å².